The number of hydrogen-bond donors (Lipinski definition) is 1. The van der Waals surface area contributed by atoms with Crippen molar-refractivity contribution in [1.29, 1.82) is 0 Å². The van der Waals surface area contributed by atoms with Gasteiger partial charge in [-0.15, -0.1) is 0 Å². The van der Waals surface area contributed by atoms with Crippen molar-refractivity contribution in [3.63, 3.8) is 0 Å². The maximum absolute atomic E-state index is 5.66. The van der Waals surface area contributed by atoms with Gasteiger partial charge < -0.3 is 10.6 Å². The molecule has 1 aromatic rings. The van der Waals surface area contributed by atoms with E-state index >= 15 is 0 Å². The minimum atomic E-state index is 0.588. The molecule has 2 heterocycles. The summed E-state index contributed by atoms with van der Waals surface area (Å²) in [4.78, 5) is 6.55. The van der Waals surface area contributed by atoms with Crippen LogP contribution in [0.2, 0.25) is 0 Å². The fraction of sp³-hybridized carbons (Fsp3) is 0.364. The van der Waals surface area contributed by atoms with Crippen molar-refractivity contribution in [3.05, 3.63) is 30.0 Å². The van der Waals surface area contributed by atoms with Gasteiger partial charge in [-0.25, -0.2) is 4.98 Å². The summed E-state index contributed by atoms with van der Waals surface area (Å²) in [7, 11) is 0. The molecular formula is C11H15N3. The molecule has 74 valence electrons. The summed E-state index contributed by atoms with van der Waals surface area (Å²) in [6, 6.07) is 5.77. The van der Waals surface area contributed by atoms with Gasteiger partial charge in [0.1, 0.15) is 11.6 Å². The molecule has 0 spiro atoms. The van der Waals surface area contributed by atoms with Gasteiger partial charge in [-0.2, -0.15) is 0 Å². The van der Waals surface area contributed by atoms with Crippen LogP contribution in [0.1, 0.15) is 19.8 Å². The second-order valence-electron chi connectivity index (χ2n) is 3.46. The van der Waals surface area contributed by atoms with Crippen LogP contribution >= 0.6 is 0 Å². The highest BCUT2D eigenvalue weighted by Gasteiger charge is 2.18. The van der Waals surface area contributed by atoms with E-state index in [0.717, 1.165) is 18.8 Å². The fourth-order valence-electron chi connectivity index (χ4n) is 1.85. The molecule has 1 saturated heterocycles. The Labute approximate surface area is 84.2 Å². The summed E-state index contributed by atoms with van der Waals surface area (Å²) < 4.78 is 0. The Kier molecular flexibility index (Phi) is 2.39. The van der Waals surface area contributed by atoms with Gasteiger partial charge in [0.05, 0.1) is 0 Å². The van der Waals surface area contributed by atoms with Crippen LogP contribution < -0.4 is 10.6 Å². The van der Waals surface area contributed by atoms with Crippen LogP contribution in [-0.4, -0.2) is 11.5 Å². The fourth-order valence-corrected chi connectivity index (χ4v) is 1.85. The average Bonchev–Trinajstić information content (AvgIpc) is 2.65. The lowest BCUT2D eigenvalue weighted by atomic mass is 10.3. The number of nitrogens with zero attached hydrogens (tertiary/aromatic N) is 2. The van der Waals surface area contributed by atoms with Crippen molar-refractivity contribution < 1.29 is 0 Å². The zero-order valence-electron chi connectivity index (χ0n) is 8.40. The summed E-state index contributed by atoms with van der Waals surface area (Å²) in [6.07, 6.45) is 4.50. The van der Waals surface area contributed by atoms with E-state index in [1.54, 1.807) is 0 Å². The largest absolute Gasteiger partial charge is 0.384 e. The number of anilines is 2. The molecule has 1 fully saturated rings. The number of allylic oxidation sites excluding steroid dienone is 2. The van der Waals surface area contributed by atoms with Crippen LogP contribution in [0.5, 0.6) is 0 Å². The van der Waals surface area contributed by atoms with E-state index in [4.69, 9.17) is 5.73 Å². The first-order valence-corrected chi connectivity index (χ1v) is 4.96. The molecule has 0 atom stereocenters. The van der Waals surface area contributed by atoms with Crippen LogP contribution in [0.3, 0.4) is 0 Å². The summed E-state index contributed by atoms with van der Waals surface area (Å²) in [5, 5.41) is 0. The molecule has 0 aromatic carbocycles. The maximum atomic E-state index is 5.66. The normalized spacial score (nSPS) is 19.2. The van der Waals surface area contributed by atoms with Crippen molar-refractivity contribution >= 4 is 11.6 Å². The van der Waals surface area contributed by atoms with Gasteiger partial charge in [0.2, 0.25) is 0 Å². The van der Waals surface area contributed by atoms with Gasteiger partial charge in [0.15, 0.2) is 0 Å². The number of hydrogen-bond acceptors (Lipinski definition) is 3. The first-order chi connectivity index (χ1) is 6.81. The number of nitrogens with two attached hydrogens (primary N) is 1. The quantitative estimate of drug-likeness (QED) is 0.736. The number of rotatable bonds is 1. The zero-order valence-corrected chi connectivity index (χ0v) is 8.40. The van der Waals surface area contributed by atoms with Gasteiger partial charge in [-0.05, 0) is 31.9 Å². The van der Waals surface area contributed by atoms with E-state index in [2.05, 4.69) is 22.9 Å². The highest BCUT2D eigenvalue weighted by molar-refractivity contribution is 5.51. The Hall–Kier alpha value is -1.51. The molecule has 3 heteroatoms. The minimum absolute atomic E-state index is 0.588. The lowest BCUT2D eigenvalue weighted by Crippen LogP contribution is -2.17. The van der Waals surface area contributed by atoms with E-state index in [0.29, 0.717) is 5.82 Å². The van der Waals surface area contributed by atoms with Crippen molar-refractivity contribution in [2.45, 2.75) is 19.8 Å². The Morgan fingerprint density at radius 1 is 1.50 bits per heavy atom. The topological polar surface area (TPSA) is 42.1 Å². The molecule has 3 nitrogen and oxygen atoms in total. The third-order valence-electron chi connectivity index (χ3n) is 2.53. The molecule has 0 amide bonds. The lowest BCUT2D eigenvalue weighted by molar-refractivity contribution is 0.945. The van der Waals surface area contributed by atoms with Crippen molar-refractivity contribution in [1.82, 2.24) is 4.98 Å². The Morgan fingerprint density at radius 3 is 3.07 bits per heavy atom. The van der Waals surface area contributed by atoms with E-state index < -0.39 is 0 Å². The van der Waals surface area contributed by atoms with Gasteiger partial charge in [0, 0.05) is 12.2 Å². The third kappa shape index (κ3) is 1.58. The van der Waals surface area contributed by atoms with Gasteiger partial charge in [0.25, 0.3) is 0 Å². The number of pyridine rings is 1. The Bertz CT molecular complexity index is 357. The minimum Gasteiger partial charge on any atom is -0.384 e. The first kappa shape index (κ1) is 9.06. The van der Waals surface area contributed by atoms with Crippen LogP contribution in [-0.2, 0) is 0 Å². The van der Waals surface area contributed by atoms with Crippen molar-refractivity contribution in [2.24, 2.45) is 0 Å². The molecule has 1 aliphatic heterocycles. The van der Waals surface area contributed by atoms with Crippen molar-refractivity contribution in [2.75, 3.05) is 17.2 Å². The lowest BCUT2D eigenvalue weighted by Gasteiger charge is -2.18. The molecule has 0 saturated carbocycles. The SMILES string of the molecule is C/C=C1\CCCN1c1cccc(N)n1. The van der Waals surface area contributed by atoms with E-state index in [9.17, 15) is 0 Å². The molecule has 14 heavy (non-hydrogen) atoms. The van der Waals surface area contributed by atoms with E-state index in [-0.39, 0.29) is 0 Å². The summed E-state index contributed by atoms with van der Waals surface area (Å²) in [6.45, 7) is 3.12. The van der Waals surface area contributed by atoms with Gasteiger partial charge >= 0.3 is 0 Å². The van der Waals surface area contributed by atoms with E-state index in [1.165, 1.54) is 12.1 Å². The molecule has 2 rings (SSSR count). The maximum Gasteiger partial charge on any atom is 0.135 e. The molecule has 0 unspecified atom stereocenters. The molecular weight excluding hydrogens is 174 g/mol. The number of aromatic nitrogens is 1. The predicted octanol–water partition coefficient (Wildman–Crippen LogP) is 2.17. The average molecular weight is 189 g/mol. The second-order valence-corrected chi connectivity index (χ2v) is 3.46. The highest BCUT2D eigenvalue weighted by atomic mass is 15.2. The van der Waals surface area contributed by atoms with Crippen LogP contribution in [0.25, 0.3) is 0 Å². The monoisotopic (exact) mass is 189 g/mol. The highest BCUT2D eigenvalue weighted by Crippen LogP contribution is 2.26. The van der Waals surface area contributed by atoms with Gasteiger partial charge in [-0.1, -0.05) is 12.1 Å². The third-order valence-corrected chi connectivity index (χ3v) is 2.53. The van der Waals surface area contributed by atoms with Gasteiger partial charge in [-0.3, -0.25) is 0 Å². The summed E-state index contributed by atoms with van der Waals surface area (Å²) >= 11 is 0. The molecule has 1 aliphatic rings. The Morgan fingerprint density at radius 2 is 2.36 bits per heavy atom. The van der Waals surface area contributed by atoms with Crippen molar-refractivity contribution in [3.8, 4) is 0 Å². The van der Waals surface area contributed by atoms with Crippen LogP contribution in [0.4, 0.5) is 11.6 Å². The number of nitrogen functional groups attached to an aromatic ring is 1. The smallest absolute Gasteiger partial charge is 0.135 e. The predicted molar refractivity (Wildman–Crippen MR) is 59.0 cm³/mol. The van der Waals surface area contributed by atoms with Crippen LogP contribution in [0, 0.1) is 0 Å². The molecule has 1 aromatic heterocycles. The molecule has 0 bridgehead atoms. The Balaban J connectivity index is 2.30. The summed E-state index contributed by atoms with van der Waals surface area (Å²) in [5.74, 6) is 1.56. The first-order valence-electron chi connectivity index (χ1n) is 4.96. The zero-order chi connectivity index (χ0) is 9.97. The molecule has 0 radical (unpaired) electrons. The molecule has 2 N–H and O–H groups in total. The summed E-state index contributed by atoms with van der Waals surface area (Å²) in [5.41, 5.74) is 7.01. The second kappa shape index (κ2) is 3.70. The van der Waals surface area contributed by atoms with Crippen LogP contribution in [0.15, 0.2) is 30.0 Å². The van der Waals surface area contributed by atoms with E-state index in [1.807, 2.05) is 18.2 Å². The standard InChI is InChI=1S/C11H15N3/c1-2-9-5-4-8-14(9)11-7-3-6-10(12)13-11/h2-3,6-7H,4-5,8H2,1H3,(H2,12,13)/b9-2+. The molecule has 0 aliphatic carbocycles.